The van der Waals surface area contributed by atoms with Gasteiger partial charge in [0.2, 0.25) is 0 Å². The molecule has 2 rings (SSSR count). The van der Waals surface area contributed by atoms with Crippen LogP contribution in [-0.2, 0) is 10.3 Å². The van der Waals surface area contributed by atoms with Crippen molar-refractivity contribution < 1.29 is 4.79 Å². The Hall–Kier alpha value is -2.34. The molecule has 0 aliphatic carbocycles. The van der Waals surface area contributed by atoms with E-state index < -0.39 is 5.54 Å². The molecule has 0 bridgehead atoms. The third-order valence-electron chi connectivity index (χ3n) is 3.13. The van der Waals surface area contributed by atoms with Gasteiger partial charge in [-0.1, -0.05) is 30.3 Å². The summed E-state index contributed by atoms with van der Waals surface area (Å²) in [6.07, 6.45) is 6.67. The molecule has 0 saturated heterocycles. The van der Waals surface area contributed by atoms with E-state index >= 15 is 0 Å². The predicted octanol–water partition coefficient (Wildman–Crippen LogP) is 2.81. The number of nitrogens with zero attached hydrogens (tertiary/aromatic N) is 2. The summed E-state index contributed by atoms with van der Waals surface area (Å²) in [6, 6.07) is 9.88. The van der Waals surface area contributed by atoms with Crippen LogP contribution in [0, 0.1) is 11.3 Å². The molecule has 1 aromatic carbocycles. The summed E-state index contributed by atoms with van der Waals surface area (Å²) in [7, 11) is 0. The van der Waals surface area contributed by atoms with Crippen molar-refractivity contribution in [2.45, 2.75) is 19.4 Å². The molecule has 0 fully saturated rings. The number of nitriles is 1. The SMILES string of the molecule is C/C=C/C(=O)N1C=Cc2ccccc2C1(C)C#N. The second-order valence-corrected chi connectivity index (χ2v) is 4.30. The molecular formula is C15H14N2O. The van der Waals surface area contributed by atoms with Crippen molar-refractivity contribution in [3.63, 3.8) is 0 Å². The average molecular weight is 238 g/mol. The Labute approximate surface area is 107 Å². The van der Waals surface area contributed by atoms with Crippen molar-refractivity contribution in [1.29, 1.82) is 5.26 Å². The molecule has 1 aliphatic heterocycles. The maximum absolute atomic E-state index is 12.0. The molecule has 0 N–H and O–H groups in total. The zero-order valence-electron chi connectivity index (χ0n) is 10.4. The third kappa shape index (κ3) is 1.72. The second-order valence-electron chi connectivity index (χ2n) is 4.30. The molecule has 1 unspecified atom stereocenters. The molecule has 90 valence electrons. The molecule has 1 aliphatic rings. The Morgan fingerprint density at radius 1 is 1.44 bits per heavy atom. The summed E-state index contributed by atoms with van der Waals surface area (Å²) in [5, 5.41) is 9.48. The second kappa shape index (κ2) is 4.50. The van der Waals surface area contributed by atoms with Crippen LogP contribution in [0.4, 0.5) is 0 Å². The molecule has 1 heterocycles. The number of carbonyl (C=O) groups is 1. The van der Waals surface area contributed by atoms with Gasteiger partial charge in [0.15, 0.2) is 5.54 Å². The molecule has 0 saturated carbocycles. The van der Waals surface area contributed by atoms with Gasteiger partial charge in [0.25, 0.3) is 5.91 Å². The first-order chi connectivity index (χ1) is 8.63. The molecular weight excluding hydrogens is 224 g/mol. The highest BCUT2D eigenvalue weighted by molar-refractivity contribution is 5.90. The molecule has 0 radical (unpaired) electrons. The number of hydrogen-bond acceptors (Lipinski definition) is 2. The highest BCUT2D eigenvalue weighted by atomic mass is 16.2. The van der Waals surface area contributed by atoms with Gasteiger partial charge in [0.1, 0.15) is 0 Å². The van der Waals surface area contributed by atoms with E-state index in [0.29, 0.717) is 0 Å². The molecule has 3 nitrogen and oxygen atoms in total. The summed E-state index contributed by atoms with van der Waals surface area (Å²) in [6.45, 7) is 3.54. The van der Waals surface area contributed by atoms with E-state index in [-0.39, 0.29) is 5.91 Å². The fourth-order valence-corrected chi connectivity index (χ4v) is 2.15. The highest BCUT2D eigenvalue weighted by Gasteiger charge is 2.38. The van der Waals surface area contributed by atoms with Gasteiger partial charge < -0.3 is 0 Å². The fourth-order valence-electron chi connectivity index (χ4n) is 2.15. The topological polar surface area (TPSA) is 44.1 Å². The lowest BCUT2D eigenvalue weighted by Gasteiger charge is -2.36. The smallest absolute Gasteiger partial charge is 0.251 e. The first-order valence-electron chi connectivity index (χ1n) is 5.78. The molecule has 1 aromatic rings. The van der Waals surface area contributed by atoms with Crippen molar-refractivity contribution in [2.75, 3.05) is 0 Å². The zero-order valence-corrected chi connectivity index (χ0v) is 10.4. The van der Waals surface area contributed by atoms with E-state index in [9.17, 15) is 10.1 Å². The number of rotatable bonds is 1. The minimum atomic E-state index is -0.956. The van der Waals surface area contributed by atoms with E-state index in [1.807, 2.05) is 30.3 Å². The lowest BCUT2D eigenvalue weighted by Crippen LogP contribution is -2.44. The molecule has 0 spiro atoms. The van der Waals surface area contributed by atoms with Crippen LogP contribution in [-0.4, -0.2) is 10.8 Å². The summed E-state index contributed by atoms with van der Waals surface area (Å²) in [5.74, 6) is -0.188. The van der Waals surface area contributed by atoms with Crippen LogP contribution in [0.5, 0.6) is 0 Å². The van der Waals surface area contributed by atoms with Crippen molar-refractivity contribution in [3.05, 3.63) is 53.7 Å². The lowest BCUT2D eigenvalue weighted by atomic mass is 9.85. The van der Waals surface area contributed by atoms with Gasteiger partial charge in [-0.2, -0.15) is 5.26 Å². The number of benzene rings is 1. The Bertz CT molecular complexity index is 580. The molecule has 0 aromatic heterocycles. The molecule has 18 heavy (non-hydrogen) atoms. The monoisotopic (exact) mass is 238 g/mol. The quantitative estimate of drug-likeness (QED) is 0.706. The van der Waals surface area contributed by atoms with Gasteiger partial charge in [-0.25, -0.2) is 0 Å². The zero-order chi connectivity index (χ0) is 13.2. The molecule has 1 atom stereocenters. The predicted molar refractivity (Wildman–Crippen MR) is 70.1 cm³/mol. The molecule has 1 amide bonds. The summed E-state index contributed by atoms with van der Waals surface area (Å²) < 4.78 is 0. The lowest BCUT2D eigenvalue weighted by molar-refractivity contribution is -0.126. The maximum Gasteiger partial charge on any atom is 0.251 e. The standard InChI is InChI=1S/C15H14N2O/c1-3-6-14(18)17-10-9-12-7-4-5-8-13(12)15(17,2)11-16/h3-10H,1-2H3/b6-3+. The number of fused-ring (bicyclic) bond motifs is 1. The largest absolute Gasteiger partial charge is 0.292 e. The van der Waals surface area contributed by atoms with Crippen molar-refractivity contribution >= 4 is 12.0 Å². The summed E-state index contributed by atoms with van der Waals surface area (Å²) in [4.78, 5) is 13.5. The van der Waals surface area contributed by atoms with E-state index in [0.717, 1.165) is 11.1 Å². The van der Waals surface area contributed by atoms with Gasteiger partial charge in [-0.05, 0) is 37.1 Å². The van der Waals surface area contributed by atoms with Gasteiger partial charge in [-0.15, -0.1) is 0 Å². The summed E-state index contributed by atoms with van der Waals surface area (Å²) in [5.41, 5.74) is 0.876. The van der Waals surface area contributed by atoms with Crippen LogP contribution < -0.4 is 0 Å². The van der Waals surface area contributed by atoms with Crippen molar-refractivity contribution in [1.82, 2.24) is 4.90 Å². The number of amides is 1. The number of allylic oxidation sites excluding steroid dienone is 1. The normalized spacial score (nSPS) is 21.7. The van der Waals surface area contributed by atoms with Crippen LogP contribution >= 0.6 is 0 Å². The van der Waals surface area contributed by atoms with E-state index in [1.54, 1.807) is 26.1 Å². The Kier molecular flexibility index (Phi) is 3.03. The van der Waals surface area contributed by atoms with Gasteiger partial charge in [0, 0.05) is 6.20 Å². The van der Waals surface area contributed by atoms with Crippen LogP contribution in [0.2, 0.25) is 0 Å². The minimum absolute atomic E-state index is 0.188. The van der Waals surface area contributed by atoms with E-state index in [4.69, 9.17) is 0 Å². The van der Waals surface area contributed by atoms with Crippen LogP contribution in [0.25, 0.3) is 6.08 Å². The van der Waals surface area contributed by atoms with Crippen molar-refractivity contribution in [3.8, 4) is 6.07 Å². The van der Waals surface area contributed by atoms with Crippen LogP contribution in [0.1, 0.15) is 25.0 Å². The minimum Gasteiger partial charge on any atom is -0.292 e. The van der Waals surface area contributed by atoms with Gasteiger partial charge in [0.05, 0.1) is 6.07 Å². The first-order valence-corrected chi connectivity index (χ1v) is 5.78. The van der Waals surface area contributed by atoms with Crippen molar-refractivity contribution in [2.24, 2.45) is 0 Å². The van der Waals surface area contributed by atoms with Crippen LogP contribution in [0.15, 0.2) is 42.6 Å². The Morgan fingerprint density at radius 2 is 2.17 bits per heavy atom. The van der Waals surface area contributed by atoms with E-state index in [2.05, 4.69) is 6.07 Å². The number of hydrogen-bond donors (Lipinski definition) is 0. The number of carbonyl (C=O) groups excluding carboxylic acids is 1. The third-order valence-corrected chi connectivity index (χ3v) is 3.13. The van der Waals surface area contributed by atoms with E-state index in [1.165, 1.54) is 11.0 Å². The average Bonchev–Trinajstić information content (AvgIpc) is 2.39. The fraction of sp³-hybridized carbons (Fsp3) is 0.200. The van der Waals surface area contributed by atoms with Gasteiger partial charge >= 0.3 is 0 Å². The Balaban J connectivity index is 2.56. The maximum atomic E-state index is 12.0. The first kappa shape index (κ1) is 12.1. The molecule has 3 heteroatoms. The Morgan fingerprint density at radius 3 is 2.83 bits per heavy atom. The highest BCUT2D eigenvalue weighted by Crippen LogP contribution is 2.35. The van der Waals surface area contributed by atoms with Crippen LogP contribution in [0.3, 0.4) is 0 Å². The van der Waals surface area contributed by atoms with Gasteiger partial charge in [-0.3, -0.25) is 9.69 Å². The summed E-state index contributed by atoms with van der Waals surface area (Å²) >= 11 is 0.